The molecule has 0 spiro atoms. The summed E-state index contributed by atoms with van der Waals surface area (Å²) < 4.78 is 0. The molecule has 0 aliphatic rings. The van der Waals surface area contributed by atoms with Gasteiger partial charge in [-0.2, -0.15) is 0 Å². The Kier molecular flexibility index (Phi) is 4.83. The number of aliphatic hydroxyl groups is 1. The number of aliphatic hydroxyl groups excluding tert-OH is 1. The summed E-state index contributed by atoms with van der Waals surface area (Å²) in [6.07, 6.45) is -1.25. The van der Waals surface area contributed by atoms with Crippen LogP contribution < -0.4 is 10.6 Å². The van der Waals surface area contributed by atoms with Gasteiger partial charge in [0.25, 0.3) is 0 Å². The van der Waals surface area contributed by atoms with E-state index in [1.165, 1.54) is 0 Å². The number of nitrogens with one attached hydrogen (secondary N) is 2. The third kappa shape index (κ3) is 6.59. The molecule has 4 N–H and O–H groups in total. The molecule has 0 atom stereocenters. The molecule has 0 rings (SSSR count). The standard InChI is InChI=1S/C5H10N2O4/c8-2-1-6-4(9)3-7-5(10)11/h7-8H,1-3H2,(H,6,9)(H,10,11). The van der Waals surface area contributed by atoms with Crippen LogP contribution in [0.25, 0.3) is 0 Å². The third-order valence-electron chi connectivity index (χ3n) is 0.834. The van der Waals surface area contributed by atoms with E-state index in [1.54, 1.807) is 0 Å². The van der Waals surface area contributed by atoms with Gasteiger partial charge in [-0.3, -0.25) is 4.79 Å². The van der Waals surface area contributed by atoms with E-state index in [0.29, 0.717) is 0 Å². The van der Waals surface area contributed by atoms with Crippen molar-refractivity contribution in [3.63, 3.8) is 0 Å². The van der Waals surface area contributed by atoms with Gasteiger partial charge in [-0.15, -0.1) is 0 Å². The monoisotopic (exact) mass is 162 g/mol. The van der Waals surface area contributed by atoms with Crippen molar-refractivity contribution in [3.8, 4) is 0 Å². The number of carbonyl (C=O) groups is 2. The van der Waals surface area contributed by atoms with Crippen molar-refractivity contribution in [3.05, 3.63) is 0 Å². The van der Waals surface area contributed by atoms with Crippen LogP contribution in [-0.4, -0.2) is 41.9 Å². The fourth-order valence-electron chi connectivity index (χ4n) is 0.414. The SMILES string of the molecule is O=C(O)NCC(=O)NCCO. The second kappa shape index (κ2) is 5.48. The smallest absolute Gasteiger partial charge is 0.405 e. The van der Waals surface area contributed by atoms with Crippen molar-refractivity contribution in [1.82, 2.24) is 10.6 Å². The molecule has 0 aliphatic heterocycles. The molecule has 0 aromatic rings. The Balaban J connectivity index is 3.30. The van der Waals surface area contributed by atoms with Crippen molar-refractivity contribution in [2.45, 2.75) is 0 Å². The molecule has 0 unspecified atom stereocenters. The lowest BCUT2D eigenvalue weighted by atomic mass is 10.5. The van der Waals surface area contributed by atoms with Crippen LogP contribution in [0.1, 0.15) is 0 Å². The minimum atomic E-state index is -1.25. The van der Waals surface area contributed by atoms with Gasteiger partial charge in [0, 0.05) is 6.54 Å². The average molecular weight is 162 g/mol. The van der Waals surface area contributed by atoms with Crippen molar-refractivity contribution >= 4 is 12.0 Å². The average Bonchev–Trinajstić information content (AvgIpc) is 1.97. The maximum Gasteiger partial charge on any atom is 0.405 e. The summed E-state index contributed by atoms with van der Waals surface area (Å²) in [5.41, 5.74) is 0. The Hall–Kier alpha value is -1.30. The summed E-state index contributed by atoms with van der Waals surface area (Å²) in [6, 6.07) is 0. The molecule has 0 aliphatic carbocycles. The van der Waals surface area contributed by atoms with Crippen LogP contribution in [0.4, 0.5) is 4.79 Å². The predicted octanol–water partition coefficient (Wildman–Crippen LogP) is -1.64. The van der Waals surface area contributed by atoms with Crippen molar-refractivity contribution in [2.24, 2.45) is 0 Å². The molecular weight excluding hydrogens is 152 g/mol. The van der Waals surface area contributed by atoms with E-state index in [-0.39, 0.29) is 19.7 Å². The van der Waals surface area contributed by atoms with E-state index < -0.39 is 12.0 Å². The molecule has 0 radical (unpaired) electrons. The Labute approximate surface area is 63.2 Å². The van der Waals surface area contributed by atoms with Crippen molar-refractivity contribution in [2.75, 3.05) is 19.7 Å². The normalized spacial score (nSPS) is 8.82. The number of hydrogen-bond acceptors (Lipinski definition) is 3. The lowest BCUT2D eigenvalue weighted by Crippen LogP contribution is -2.37. The Bertz CT molecular complexity index is 147. The minimum absolute atomic E-state index is 0.139. The topological polar surface area (TPSA) is 98.7 Å². The number of amides is 2. The molecule has 0 heterocycles. The van der Waals surface area contributed by atoms with Gasteiger partial charge in [0.05, 0.1) is 13.2 Å². The second-order valence-corrected chi connectivity index (χ2v) is 1.73. The molecule has 64 valence electrons. The molecule has 0 saturated carbocycles. The first-order valence-electron chi connectivity index (χ1n) is 3.01. The summed E-state index contributed by atoms with van der Waals surface area (Å²) in [5.74, 6) is -0.457. The highest BCUT2D eigenvalue weighted by Crippen LogP contribution is 1.64. The van der Waals surface area contributed by atoms with Gasteiger partial charge in [-0.25, -0.2) is 4.79 Å². The largest absolute Gasteiger partial charge is 0.465 e. The second-order valence-electron chi connectivity index (χ2n) is 1.73. The van der Waals surface area contributed by atoms with Crippen LogP contribution in [0.2, 0.25) is 0 Å². The lowest BCUT2D eigenvalue weighted by molar-refractivity contribution is -0.120. The van der Waals surface area contributed by atoms with Gasteiger partial charge < -0.3 is 20.8 Å². The maximum absolute atomic E-state index is 10.6. The molecule has 6 nitrogen and oxygen atoms in total. The Morgan fingerprint density at radius 1 is 1.27 bits per heavy atom. The summed E-state index contributed by atoms with van der Waals surface area (Å²) in [6.45, 7) is -0.297. The first kappa shape index (κ1) is 9.70. The molecule has 2 amide bonds. The molecule has 6 heteroatoms. The minimum Gasteiger partial charge on any atom is -0.465 e. The molecule has 0 aromatic heterocycles. The van der Waals surface area contributed by atoms with Gasteiger partial charge in [0.2, 0.25) is 5.91 Å². The van der Waals surface area contributed by atoms with E-state index >= 15 is 0 Å². The fourth-order valence-corrected chi connectivity index (χ4v) is 0.414. The van der Waals surface area contributed by atoms with E-state index in [4.69, 9.17) is 10.2 Å². The zero-order valence-corrected chi connectivity index (χ0v) is 5.83. The molecular formula is C5H10N2O4. The summed E-state index contributed by atoms with van der Waals surface area (Å²) in [5, 5.41) is 20.4. The summed E-state index contributed by atoms with van der Waals surface area (Å²) in [7, 11) is 0. The van der Waals surface area contributed by atoms with Gasteiger partial charge in [-0.05, 0) is 0 Å². The first-order valence-corrected chi connectivity index (χ1v) is 3.01. The van der Waals surface area contributed by atoms with Crippen LogP contribution in [0.15, 0.2) is 0 Å². The highest BCUT2D eigenvalue weighted by Gasteiger charge is 2.00. The molecule has 0 fully saturated rings. The lowest BCUT2D eigenvalue weighted by Gasteiger charge is -2.01. The van der Waals surface area contributed by atoms with E-state index in [2.05, 4.69) is 5.32 Å². The zero-order valence-electron chi connectivity index (χ0n) is 5.83. The van der Waals surface area contributed by atoms with E-state index in [9.17, 15) is 9.59 Å². The third-order valence-corrected chi connectivity index (χ3v) is 0.834. The molecule has 0 bridgehead atoms. The van der Waals surface area contributed by atoms with Crippen LogP contribution in [0.3, 0.4) is 0 Å². The highest BCUT2D eigenvalue weighted by atomic mass is 16.4. The number of hydrogen-bond donors (Lipinski definition) is 4. The quantitative estimate of drug-likeness (QED) is 0.398. The Morgan fingerprint density at radius 3 is 2.36 bits per heavy atom. The summed E-state index contributed by atoms with van der Waals surface area (Å²) >= 11 is 0. The van der Waals surface area contributed by atoms with E-state index in [1.807, 2.05) is 5.32 Å². The molecule has 11 heavy (non-hydrogen) atoms. The van der Waals surface area contributed by atoms with Gasteiger partial charge >= 0.3 is 6.09 Å². The van der Waals surface area contributed by atoms with Crippen molar-refractivity contribution < 1.29 is 19.8 Å². The van der Waals surface area contributed by atoms with Crippen LogP contribution >= 0.6 is 0 Å². The highest BCUT2D eigenvalue weighted by molar-refractivity contribution is 5.81. The van der Waals surface area contributed by atoms with E-state index in [0.717, 1.165) is 0 Å². The number of carboxylic acid groups (broad SMARTS) is 1. The fraction of sp³-hybridized carbons (Fsp3) is 0.600. The van der Waals surface area contributed by atoms with Gasteiger partial charge in [0.1, 0.15) is 0 Å². The first-order chi connectivity index (χ1) is 5.16. The van der Waals surface area contributed by atoms with Gasteiger partial charge in [-0.1, -0.05) is 0 Å². The van der Waals surface area contributed by atoms with Crippen LogP contribution in [-0.2, 0) is 4.79 Å². The van der Waals surface area contributed by atoms with Crippen LogP contribution in [0.5, 0.6) is 0 Å². The summed E-state index contributed by atoms with van der Waals surface area (Å²) in [4.78, 5) is 20.4. The van der Waals surface area contributed by atoms with Gasteiger partial charge in [0.15, 0.2) is 0 Å². The Morgan fingerprint density at radius 2 is 1.91 bits per heavy atom. The maximum atomic E-state index is 10.6. The van der Waals surface area contributed by atoms with Crippen LogP contribution in [0, 0.1) is 0 Å². The number of carbonyl (C=O) groups excluding carboxylic acids is 1. The molecule has 0 aromatic carbocycles. The van der Waals surface area contributed by atoms with Crippen molar-refractivity contribution in [1.29, 1.82) is 0 Å². The zero-order chi connectivity index (χ0) is 8.69. The molecule has 0 saturated heterocycles. The number of rotatable bonds is 4. The predicted molar refractivity (Wildman–Crippen MR) is 36.1 cm³/mol.